The van der Waals surface area contributed by atoms with Crippen molar-refractivity contribution < 1.29 is 0 Å². The maximum absolute atomic E-state index is 3.95. The van der Waals surface area contributed by atoms with Crippen molar-refractivity contribution in [2.75, 3.05) is 6.54 Å². The van der Waals surface area contributed by atoms with E-state index in [4.69, 9.17) is 0 Å². The smallest absolute Gasteiger partial charge is 0.00953 e. The van der Waals surface area contributed by atoms with Crippen molar-refractivity contribution in [1.82, 2.24) is 5.32 Å². The highest BCUT2D eigenvalue weighted by atomic mass is 14.9. The zero-order valence-electron chi connectivity index (χ0n) is 11.5. The molecule has 3 aliphatic rings. The molecule has 5 unspecified atom stereocenters. The summed E-state index contributed by atoms with van der Waals surface area (Å²) in [6, 6.07) is 0.855. The summed E-state index contributed by atoms with van der Waals surface area (Å²) in [5.41, 5.74) is 0. The van der Waals surface area contributed by atoms with Crippen LogP contribution in [0, 0.1) is 23.7 Å². The van der Waals surface area contributed by atoms with E-state index in [1.807, 2.05) is 0 Å². The second kappa shape index (κ2) is 5.30. The Bertz CT molecular complexity index is 250. The Morgan fingerprint density at radius 1 is 0.941 bits per heavy atom. The van der Waals surface area contributed by atoms with Crippen LogP contribution >= 0.6 is 0 Å². The van der Waals surface area contributed by atoms with Gasteiger partial charge < -0.3 is 5.32 Å². The highest BCUT2D eigenvalue weighted by Crippen LogP contribution is 2.48. The Labute approximate surface area is 107 Å². The van der Waals surface area contributed by atoms with E-state index in [0.717, 1.165) is 29.7 Å². The van der Waals surface area contributed by atoms with Crippen LogP contribution in [0.1, 0.15) is 64.7 Å². The minimum absolute atomic E-state index is 0.855. The molecule has 1 nitrogen and oxygen atoms in total. The van der Waals surface area contributed by atoms with Gasteiger partial charge in [0.15, 0.2) is 0 Å². The minimum atomic E-state index is 0.855. The van der Waals surface area contributed by atoms with Gasteiger partial charge in [0.1, 0.15) is 0 Å². The van der Waals surface area contributed by atoms with E-state index in [1.54, 1.807) is 25.7 Å². The Balaban J connectivity index is 1.46. The normalized spacial score (nSPS) is 45.4. The van der Waals surface area contributed by atoms with Gasteiger partial charge in [0, 0.05) is 6.04 Å². The highest BCUT2D eigenvalue weighted by molar-refractivity contribution is 4.92. The van der Waals surface area contributed by atoms with Crippen molar-refractivity contribution in [1.29, 1.82) is 0 Å². The summed E-state index contributed by atoms with van der Waals surface area (Å²) >= 11 is 0. The van der Waals surface area contributed by atoms with Crippen molar-refractivity contribution in [3.8, 4) is 0 Å². The topological polar surface area (TPSA) is 12.0 Å². The fourth-order valence-corrected chi connectivity index (χ4v) is 4.89. The van der Waals surface area contributed by atoms with Crippen molar-refractivity contribution >= 4 is 0 Å². The second-order valence-corrected chi connectivity index (χ2v) is 6.90. The van der Waals surface area contributed by atoms with Gasteiger partial charge in [-0.2, -0.15) is 0 Å². The zero-order chi connectivity index (χ0) is 11.7. The van der Waals surface area contributed by atoms with E-state index < -0.39 is 0 Å². The molecule has 0 aromatic heterocycles. The van der Waals surface area contributed by atoms with E-state index in [0.29, 0.717) is 0 Å². The van der Waals surface area contributed by atoms with Gasteiger partial charge >= 0.3 is 0 Å². The molecule has 1 N–H and O–H groups in total. The fraction of sp³-hybridized carbons (Fsp3) is 1.00. The molecule has 3 fully saturated rings. The summed E-state index contributed by atoms with van der Waals surface area (Å²) < 4.78 is 0. The highest BCUT2D eigenvalue weighted by Gasteiger charge is 2.39. The van der Waals surface area contributed by atoms with Crippen LogP contribution in [0.25, 0.3) is 0 Å². The molecule has 98 valence electrons. The van der Waals surface area contributed by atoms with E-state index in [9.17, 15) is 0 Å². The van der Waals surface area contributed by atoms with E-state index in [2.05, 4.69) is 12.2 Å². The molecule has 0 aliphatic heterocycles. The zero-order valence-corrected chi connectivity index (χ0v) is 11.5. The minimum Gasteiger partial charge on any atom is -0.313 e. The van der Waals surface area contributed by atoms with Crippen LogP contribution in [0.5, 0.6) is 0 Å². The summed E-state index contributed by atoms with van der Waals surface area (Å²) in [4.78, 5) is 0. The first-order valence-electron chi connectivity index (χ1n) is 8.10. The largest absolute Gasteiger partial charge is 0.313 e. The summed E-state index contributed by atoms with van der Waals surface area (Å²) in [6.45, 7) is 3.71. The molecule has 3 rings (SSSR count). The fourth-order valence-electron chi connectivity index (χ4n) is 4.89. The molecule has 3 aliphatic carbocycles. The van der Waals surface area contributed by atoms with Gasteiger partial charge in [-0.05, 0) is 62.3 Å². The lowest BCUT2D eigenvalue weighted by molar-refractivity contribution is 0.227. The van der Waals surface area contributed by atoms with Crippen LogP contribution in [0.3, 0.4) is 0 Å². The first-order chi connectivity index (χ1) is 8.36. The summed E-state index contributed by atoms with van der Waals surface area (Å²) in [6.07, 6.45) is 13.4. The third kappa shape index (κ3) is 2.54. The van der Waals surface area contributed by atoms with Crippen molar-refractivity contribution in [2.24, 2.45) is 23.7 Å². The first kappa shape index (κ1) is 12.0. The molecule has 3 saturated carbocycles. The van der Waals surface area contributed by atoms with Crippen LogP contribution in [0.2, 0.25) is 0 Å². The maximum Gasteiger partial charge on any atom is 0.00953 e. The SMILES string of the molecule is CCC1CCCCC1NCC1CC2CCC1C2. The number of hydrogen-bond donors (Lipinski definition) is 1. The van der Waals surface area contributed by atoms with Crippen LogP contribution in [0.4, 0.5) is 0 Å². The van der Waals surface area contributed by atoms with Gasteiger partial charge in [-0.15, -0.1) is 0 Å². The van der Waals surface area contributed by atoms with Crippen LogP contribution in [0.15, 0.2) is 0 Å². The average Bonchev–Trinajstić information content (AvgIpc) is 2.98. The van der Waals surface area contributed by atoms with Gasteiger partial charge in [-0.3, -0.25) is 0 Å². The maximum atomic E-state index is 3.95. The van der Waals surface area contributed by atoms with E-state index in [-0.39, 0.29) is 0 Å². The van der Waals surface area contributed by atoms with Gasteiger partial charge in [-0.1, -0.05) is 32.6 Å². The van der Waals surface area contributed by atoms with Gasteiger partial charge in [0.2, 0.25) is 0 Å². The average molecular weight is 235 g/mol. The third-order valence-electron chi connectivity index (χ3n) is 5.96. The Morgan fingerprint density at radius 2 is 1.82 bits per heavy atom. The lowest BCUT2D eigenvalue weighted by Crippen LogP contribution is -2.41. The van der Waals surface area contributed by atoms with Crippen LogP contribution in [-0.4, -0.2) is 12.6 Å². The molecule has 2 bridgehead atoms. The van der Waals surface area contributed by atoms with Crippen LogP contribution < -0.4 is 5.32 Å². The third-order valence-corrected chi connectivity index (χ3v) is 5.96. The summed E-state index contributed by atoms with van der Waals surface area (Å²) in [7, 11) is 0. The number of nitrogens with one attached hydrogen (secondary N) is 1. The van der Waals surface area contributed by atoms with E-state index in [1.165, 1.54) is 38.6 Å². The monoisotopic (exact) mass is 235 g/mol. The molecule has 0 spiro atoms. The molecule has 17 heavy (non-hydrogen) atoms. The predicted octanol–water partition coefficient (Wildman–Crippen LogP) is 3.98. The summed E-state index contributed by atoms with van der Waals surface area (Å²) in [5, 5.41) is 3.95. The number of fused-ring (bicyclic) bond motifs is 2. The summed E-state index contributed by atoms with van der Waals surface area (Å²) in [5.74, 6) is 4.21. The Hall–Kier alpha value is -0.0400. The molecule has 5 atom stereocenters. The molecule has 1 heteroatoms. The second-order valence-electron chi connectivity index (χ2n) is 6.90. The van der Waals surface area contributed by atoms with Gasteiger partial charge in [-0.25, -0.2) is 0 Å². The van der Waals surface area contributed by atoms with Crippen LogP contribution in [-0.2, 0) is 0 Å². The number of rotatable bonds is 4. The molecule has 0 heterocycles. The van der Waals surface area contributed by atoms with Crippen molar-refractivity contribution in [3.05, 3.63) is 0 Å². The molecule has 0 aromatic rings. The first-order valence-corrected chi connectivity index (χ1v) is 8.10. The molecule has 0 saturated heterocycles. The van der Waals surface area contributed by atoms with Crippen molar-refractivity contribution in [2.45, 2.75) is 70.8 Å². The quantitative estimate of drug-likeness (QED) is 0.777. The van der Waals surface area contributed by atoms with Gasteiger partial charge in [0.05, 0.1) is 0 Å². The number of hydrogen-bond acceptors (Lipinski definition) is 1. The Morgan fingerprint density at radius 3 is 2.53 bits per heavy atom. The van der Waals surface area contributed by atoms with Crippen molar-refractivity contribution in [3.63, 3.8) is 0 Å². The Kier molecular flexibility index (Phi) is 3.75. The lowest BCUT2D eigenvalue weighted by atomic mass is 9.82. The molecular formula is C16H29N. The molecule has 0 amide bonds. The lowest BCUT2D eigenvalue weighted by Gasteiger charge is -2.33. The molecular weight excluding hydrogens is 206 g/mol. The predicted molar refractivity (Wildman–Crippen MR) is 73.0 cm³/mol. The van der Waals surface area contributed by atoms with Gasteiger partial charge in [0.25, 0.3) is 0 Å². The standard InChI is InChI=1S/C16H29N/c1-2-13-5-3-4-6-16(13)17-11-15-10-12-7-8-14(15)9-12/h12-17H,2-11H2,1H3. The molecule has 0 aromatic carbocycles. The molecule has 0 radical (unpaired) electrons. The van der Waals surface area contributed by atoms with E-state index >= 15 is 0 Å².